The zero-order valence-corrected chi connectivity index (χ0v) is 6.26. The Morgan fingerprint density at radius 2 is 2.27 bits per heavy atom. The number of hydrogen-bond donors (Lipinski definition) is 2. The second kappa shape index (κ2) is 2.10. The highest BCUT2D eigenvalue weighted by Gasteiger charge is 2.05. The van der Waals surface area contributed by atoms with E-state index in [0.717, 1.165) is 0 Å². The van der Waals surface area contributed by atoms with E-state index in [1.807, 2.05) is 0 Å². The van der Waals surface area contributed by atoms with E-state index in [1.165, 1.54) is 6.33 Å². The third-order valence-corrected chi connectivity index (χ3v) is 1.75. The molecule has 2 aromatic rings. The van der Waals surface area contributed by atoms with Gasteiger partial charge in [0.1, 0.15) is 17.8 Å². The summed E-state index contributed by atoms with van der Waals surface area (Å²) in [4.78, 5) is 10.6. The average Bonchev–Trinajstić information content (AvgIpc) is 2.34. The Hall–Kier alpha value is -1.29. The minimum absolute atomic E-state index is 0.404. The minimum Gasteiger partial charge on any atom is -0.383 e. The summed E-state index contributed by atoms with van der Waals surface area (Å²) in [5, 5.41) is 1.24. The fourth-order valence-corrected chi connectivity index (χ4v) is 1.19. The quantitative estimate of drug-likeness (QED) is 0.621. The van der Waals surface area contributed by atoms with Crippen LogP contribution in [0.4, 0.5) is 5.82 Å². The van der Waals surface area contributed by atoms with Crippen LogP contribution in [-0.4, -0.2) is 15.0 Å². The van der Waals surface area contributed by atoms with Crippen molar-refractivity contribution >= 4 is 28.5 Å². The molecule has 0 aliphatic carbocycles. The maximum Gasteiger partial charge on any atom is 0.144 e. The summed E-state index contributed by atoms with van der Waals surface area (Å²) in [5.41, 5.74) is 6.21. The van der Waals surface area contributed by atoms with Gasteiger partial charge in [-0.25, -0.2) is 9.97 Å². The fourth-order valence-electron chi connectivity index (χ4n) is 0.948. The lowest BCUT2D eigenvalue weighted by Crippen LogP contribution is -1.91. The van der Waals surface area contributed by atoms with Gasteiger partial charge in [0, 0.05) is 6.20 Å². The molecule has 2 rings (SSSR count). The molecule has 4 nitrogen and oxygen atoms in total. The second-order valence-electron chi connectivity index (χ2n) is 2.12. The van der Waals surface area contributed by atoms with Crippen molar-refractivity contribution in [2.45, 2.75) is 0 Å². The van der Waals surface area contributed by atoms with E-state index in [2.05, 4.69) is 15.0 Å². The van der Waals surface area contributed by atoms with Crippen molar-refractivity contribution in [3.8, 4) is 0 Å². The van der Waals surface area contributed by atoms with Crippen molar-refractivity contribution in [1.82, 2.24) is 15.0 Å². The second-order valence-corrected chi connectivity index (χ2v) is 2.53. The lowest BCUT2D eigenvalue weighted by Gasteiger charge is -1.92. The number of fused-ring (bicyclic) bond motifs is 1. The molecule has 0 bridgehead atoms. The van der Waals surface area contributed by atoms with Gasteiger partial charge in [-0.15, -0.1) is 0 Å². The Bertz CT molecular complexity index is 394. The first-order valence-electron chi connectivity index (χ1n) is 3.02. The molecule has 0 amide bonds. The Balaban J connectivity index is 2.96. The monoisotopic (exact) mass is 168 g/mol. The van der Waals surface area contributed by atoms with Crippen molar-refractivity contribution in [3.63, 3.8) is 0 Å². The number of rotatable bonds is 0. The summed E-state index contributed by atoms with van der Waals surface area (Å²) >= 11 is 5.79. The van der Waals surface area contributed by atoms with E-state index in [4.69, 9.17) is 17.3 Å². The smallest absolute Gasteiger partial charge is 0.144 e. The molecule has 3 N–H and O–H groups in total. The minimum atomic E-state index is 0.404. The summed E-state index contributed by atoms with van der Waals surface area (Å²) < 4.78 is 0. The van der Waals surface area contributed by atoms with Crippen LogP contribution in [0.1, 0.15) is 0 Å². The summed E-state index contributed by atoms with van der Waals surface area (Å²) in [5.74, 6) is 0.404. The van der Waals surface area contributed by atoms with Gasteiger partial charge in [0.25, 0.3) is 0 Å². The van der Waals surface area contributed by atoms with Crippen molar-refractivity contribution in [2.75, 3.05) is 5.73 Å². The number of halogens is 1. The van der Waals surface area contributed by atoms with E-state index < -0.39 is 0 Å². The molecule has 0 spiro atoms. The van der Waals surface area contributed by atoms with Gasteiger partial charge in [0.05, 0.1) is 10.4 Å². The van der Waals surface area contributed by atoms with Gasteiger partial charge in [0.15, 0.2) is 0 Å². The maximum absolute atomic E-state index is 5.79. The number of nitrogens with two attached hydrogens (primary N) is 1. The molecule has 0 aromatic carbocycles. The van der Waals surface area contributed by atoms with Crippen LogP contribution in [0.15, 0.2) is 12.5 Å². The number of aromatic nitrogens is 3. The van der Waals surface area contributed by atoms with Crippen LogP contribution in [0.25, 0.3) is 11.0 Å². The van der Waals surface area contributed by atoms with E-state index >= 15 is 0 Å². The Labute approximate surface area is 67.4 Å². The highest BCUT2D eigenvalue weighted by molar-refractivity contribution is 6.36. The maximum atomic E-state index is 5.79. The van der Waals surface area contributed by atoms with Crippen molar-refractivity contribution in [3.05, 3.63) is 17.5 Å². The number of nitrogens with zero attached hydrogens (tertiary/aromatic N) is 2. The molecule has 56 valence electrons. The van der Waals surface area contributed by atoms with Gasteiger partial charge in [0.2, 0.25) is 0 Å². The third-order valence-electron chi connectivity index (χ3n) is 1.45. The van der Waals surface area contributed by atoms with E-state index in [1.54, 1.807) is 6.20 Å². The van der Waals surface area contributed by atoms with Crippen LogP contribution in [0.3, 0.4) is 0 Å². The van der Waals surface area contributed by atoms with Gasteiger partial charge < -0.3 is 10.7 Å². The molecule has 0 saturated carbocycles. The molecule has 0 radical (unpaired) electrons. The van der Waals surface area contributed by atoms with Gasteiger partial charge in [-0.3, -0.25) is 0 Å². The van der Waals surface area contributed by atoms with Gasteiger partial charge in [-0.05, 0) is 0 Å². The number of nitrogens with one attached hydrogen (secondary N) is 1. The number of anilines is 1. The standard InChI is InChI=1S/C6H5ClN4/c7-3-1-9-6-4(3)5(8)10-2-11-6/h1-2H,(H3,8,9,10,11). The van der Waals surface area contributed by atoms with Crippen molar-refractivity contribution in [2.24, 2.45) is 0 Å². The molecule has 0 aliphatic rings. The zero-order valence-electron chi connectivity index (χ0n) is 5.50. The number of nitrogen functional groups attached to an aromatic ring is 1. The number of hydrogen-bond acceptors (Lipinski definition) is 3. The zero-order chi connectivity index (χ0) is 7.84. The molecule has 0 atom stereocenters. The van der Waals surface area contributed by atoms with Crippen LogP contribution in [-0.2, 0) is 0 Å². The Morgan fingerprint density at radius 3 is 3.00 bits per heavy atom. The molecule has 0 aliphatic heterocycles. The summed E-state index contributed by atoms with van der Waals surface area (Å²) in [6.45, 7) is 0. The van der Waals surface area contributed by atoms with Crippen LogP contribution < -0.4 is 5.73 Å². The average molecular weight is 169 g/mol. The van der Waals surface area contributed by atoms with Gasteiger partial charge >= 0.3 is 0 Å². The molecule has 2 aromatic heterocycles. The van der Waals surface area contributed by atoms with Crippen LogP contribution in [0, 0.1) is 0 Å². The molecule has 0 unspecified atom stereocenters. The Kier molecular flexibility index (Phi) is 1.22. The van der Waals surface area contributed by atoms with Crippen molar-refractivity contribution in [1.29, 1.82) is 0 Å². The van der Waals surface area contributed by atoms with E-state index in [-0.39, 0.29) is 0 Å². The fraction of sp³-hybridized carbons (Fsp3) is 0. The first-order chi connectivity index (χ1) is 5.29. The lowest BCUT2D eigenvalue weighted by atomic mass is 10.4. The van der Waals surface area contributed by atoms with Crippen LogP contribution >= 0.6 is 11.6 Å². The lowest BCUT2D eigenvalue weighted by molar-refractivity contribution is 1.21. The van der Waals surface area contributed by atoms with Crippen molar-refractivity contribution < 1.29 is 0 Å². The largest absolute Gasteiger partial charge is 0.383 e. The third kappa shape index (κ3) is 0.832. The Morgan fingerprint density at radius 1 is 1.45 bits per heavy atom. The van der Waals surface area contributed by atoms with E-state index in [9.17, 15) is 0 Å². The topological polar surface area (TPSA) is 67.6 Å². The first kappa shape index (κ1) is 6.42. The summed E-state index contributed by atoms with van der Waals surface area (Å²) in [6, 6.07) is 0. The van der Waals surface area contributed by atoms with Crippen LogP contribution in [0.5, 0.6) is 0 Å². The van der Waals surface area contributed by atoms with E-state index in [0.29, 0.717) is 21.9 Å². The number of aromatic amines is 1. The molecule has 0 fully saturated rings. The predicted molar refractivity (Wildman–Crippen MR) is 43.3 cm³/mol. The highest BCUT2D eigenvalue weighted by Crippen LogP contribution is 2.24. The summed E-state index contributed by atoms with van der Waals surface area (Å²) in [6.07, 6.45) is 3.03. The predicted octanol–water partition coefficient (Wildman–Crippen LogP) is 1.19. The normalized spacial score (nSPS) is 10.6. The molecule has 0 saturated heterocycles. The SMILES string of the molecule is Nc1ncnc2[nH]cc(Cl)c12. The molecule has 11 heavy (non-hydrogen) atoms. The van der Waals surface area contributed by atoms with Gasteiger partial charge in [-0.2, -0.15) is 0 Å². The molecular formula is C6H5ClN4. The molecule has 5 heteroatoms. The number of H-pyrrole nitrogens is 1. The van der Waals surface area contributed by atoms with Crippen LogP contribution in [0.2, 0.25) is 5.02 Å². The molecule has 2 heterocycles. The highest BCUT2D eigenvalue weighted by atomic mass is 35.5. The van der Waals surface area contributed by atoms with Gasteiger partial charge in [-0.1, -0.05) is 11.6 Å². The summed E-state index contributed by atoms with van der Waals surface area (Å²) in [7, 11) is 0. The molecular weight excluding hydrogens is 164 g/mol. The first-order valence-corrected chi connectivity index (χ1v) is 3.40.